The lowest BCUT2D eigenvalue weighted by Crippen LogP contribution is -2.43. The molecule has 1 saturated heterocycles. The zero-order valence-corrected chi connectivity index (χ0v) is 16.5. The van der Waals surface area contributed by atoms with Gasteiger partial charge in [-0.3, -0.25) is 4.79 Å². The van der Waals surface area contributed by atoms with Crippen LogP contribution < -0.4 is 0 Å². The van der Waals surface area contributed by atoms with E-state index in [1.165, 1.54) is 0 Å². The fraction of sp³-hybridized carbons (Fsp3) is 0.611. The highest BCUT2D eigenvalue weighted by atomic mass is 32.2. The van der Waals surface area contributed by atoms with Crippen molar-refractivity contribution in [2.75, 3.05) is 18.1 Å². The fourth-order valence-corrected chi connectivity index (χ4v) is 5.14. The van der Waals surface area contributed by atoms with E-state index in [4.69, 9.17) is 0 Å². The van der Waals surface area contributed by atoms with Gasteiger partial charge in [-0.05, 0) is 32.3 Å². The molecule has 1 fully saturated rings. The van der Waals surface area contributed by atoms with E-state index in [9.17, 15) is 13.2 Å². The van der Waals surface area contributed by atoms with Gasteiger partial charge in [0, 0.05) is 30.2 Å². The van der Waals surface area contributed by atoms with Crippen LogP contribution in [-0.2, 0) is 9.84 Å². The Hall–Kier alpha value is -1.96. The van der Waals surface area contributed by atoms with E-state index in [2.05, 4.69) is 10.1 Å². The van der Waals surface area contributed by atoms with Gasteiger partial charge in [-0.25, -0.2) is 18.1 Å². The van der Waals surface area contributed by atoms with Crippen LogP contribution in [0.1, 0.15) is 50.5 Å². The molecule has 3 heterocycles. The maximum Gasteiger partial charge on any atom is 0.255 e. The van der Waals surface area contributed by atoms with Crippen molar-refractivity contribution in [2.45, 2.75) is 46.2 Å². The van der Waals surface area contributed by atoms with Crippen LogP contribution in [0, 0.1) is 5.92 Å². The molecule has 3 rings (SSSR count). The van der Waals surface area contributed by atoms with E-state index in [1.54, 1.807) is 23.4 Å². The fourth-order valence-electron chi connectivity index (χ4n) is 3.41. The minimum absolute atomic E-state index is 0.0480. The Kier molecular flexibility index (Phi) is 5.05. The summed E-state index contributed by atoms with van der Waals surface area (Å²) in [6.07, 6.45) is 3.79. The zero-order chi connectivity index (χ0) is 19.1. The molecule has 26 heavy (non-hydrogen) atoms. The van der Waals surface area contributed by atoms with E-state index in [0.29, 0.717) is 18.5 Å². The molecule has 0 spiro atoms. The molecule has 1 aliphatic rings. The van der Waals surface area contributed by atoms with Crippen LogP contribution in [0.3, 0.4) is 0 Å². The molecule has 0 aliphatic carbocycles. The summed E-state index contributed by atoms with van der Waals surface area (Å²) in [6.45, 7) is 8.63. The van der Waals surface area contributed by atoms with Gasteiger partial charge in [-0.1, -0.05) is 13.8 Å². The maximum atomic E-state index is 13.1. The zero-order valence-electron chi connectivity index (χ0n) is 15.7. The number of pyridine rings is 1. The van der Waals surface area contributed by atoms with Crippen LogP contribution in [-0.4, -0.2) is 58.1 Å². The van der Waals surface area contributed by atoms with Gasteiger partial charge in [0.15, 0.2) is 15.5 Å². The maximum absolute atomic E-state index is 13.1. The van der Waals surface area contributed by atoms with Gasteiger partial charge in [-0.15, -0.1) is 0 Å². The van der Waals surface area contributed by atoms with Crippen LogP contribution >= 0.6 is 0 Å². The van der Waals surface area contributed by atoms with Crippen LogP contribution in [0.15, 0.2) is 18.5 Å². The lowest BCUT2D eigenvalue weighted by molar-refractivity contribution is 0.0672. The summed E-state index contributed by atoms with van der Waals surface area (Å²) >= 11 is 0. The van der Waals surface area contributed by atoms with Crippen molar-refractivity contribution in [3.8, 4) is 0 Å². The van der Waals surface area contributed by atoms with Crippen LogP contribution in [0.2, 0.25) is 0 Å². The smallest absolute Gasteiger partial charge is 0.255 e. The number of carbonyl (C=O) groups is 1. The number of amides is 1. The molecule has 2 aromatic rings. The Balaban J connectivity index is 1.92. The number of nitrogens with zero attached hydrogens (tertiary/aromatic N) is 4. The molecule has 1 amide bonds. The molecular weight excluding hydrogens is 352 g/mol. The third-order valence-corrected chi connectivity index (χ3v) is 6.39. The number of carbonyl (C=O) groups excluding carboxylic acids is 1. The normalized spacial score (nSPS) is 19.5. The highest BCUT2D eigenvalue weighted by Gasteiger charge is 2.35. The highest BCUT2D eigenvalue weighted by Crippen LogP contribution is 2.23. The molecule has 0 radical (unpaired) electrons. The molecule has 1 atom stereocenters. The topological polar surface area (TPSA) is 85.2 Å². The van der Waals surface area contributed by atoms with E-state index < -0.39 is 9.84 Å². The lowest BCUT2D eigenvalue weighted by atomic mass is 10.1. The monoisotopic (exact) mass is 378 g/mol. The first-order chi connectivity index (χ1) is 12.2. The summed E-state index contributed by atoms with van der Waals surface area (Å²) in [5, 5.41) is 5.15. The van der Waals surface area contributed by atoms with Crippen molar-refractivity contribution in [1.29, 1.82) is 0 Å². The first kappa shape index (κ1) is 18.8. The molecule has 0 N–H and O–H groups in total. The second kappa shape index (κ2) is 6.98. The van der Waals surface area contributed by atoms with E-state index in [-0.39, 0.29) is 35.4 Å². The number of aromatic nitrogens is 3. The second-order valence-electron chi connectivity index (χ2n) is 7.73. The van der Waals surface area contributed by atoms with Gasteiger partial charge in [-0.2, -0.15) is 5.10 Å². The largest absolute Gasteiger partial charge is 0.334 e. The number of rotatable bonds is 5. The molecule has 7 nitrogen and oxygen atoms in total. The van der Waals surface area contributed by atoms with Crippen molar-refractivity contribution in [2.24, 2.45) is 5.92 Å². The van der Waals surface area contributed by atoms with E-state index >= 15 is 0 Å². The SMILES string of the molecule is CC(C)CN(C(=O)c1cnc2c(cnn2C(C)C)c1)C1CCS(=O)(=O)C1. The lowest BCUT2D eigenvalue weighted by Gasteiger charge is -2.30. The van der Waals surface area contributed by atoms with Crippen molar-refractivity contribution >= 4 is 26.8 Å². The summed E-state index contributed by atoms with van der Waals surface area (Å²) < 4.78 is 25.6. The first-order valence-corrected chi connectivity index (χ1v) is 10.8. The first-order valence-electron chi connectivity index (χ1n) is 9.02. The summed E-state index contributed by atoms with van der Waals surface area (Å²) in [7, 11) is -3.06. The third-order valence-electron chi connectivity index (χ3n) is 4.64. The number of hydrogen-bond acceptors (Lipinski definition) is 5. The van der Waals surface area contributed by atoms with Crippen molar-refractivity contribution in [3.05, 3.63) is 24.0 Å². The van der Waals surface area contributed by atoms with E-state index in [0.717, 1.165) is 11.0 Å². The second-order valence-corrected chi connectivity index (χ2v) is 9.96. The Morgan fingerprint density at radius 1 is 1.31 bits per heavy atom. The molecule has 0 aromatic carbocycles. The Labute approximate surface area is 154 Å². The molecule has 142 valence electrons. The van der Waals surface area contributed by atoms with E-state index in [1.807, 2.05) is 32.4 Å². The number of fused-ring (bicyclic) bond motifs is 1. The molecule has 8 heteroatoms. The Bertz CT molecular complexity index is 918. The predicted octanol–water partition coefficient (Wildman–Crippen LogP) is 2.30. The highest BCUT2D eigenvalue weighted by molar-refractivity contribution is 7.91. The van der Waals surface area contributed by atoms with Crippen molar-refractivity contribution in [3.63, 3.8) is 0 Å². The Morgan fingerprint density at radius 2 is 2.04 bits per heavy atom. The van der Waals surface area contributed by atoms with Gasteiger partial charge >= 0.3 is 0 Å². The van der Waals surface area contributed by atoms with Crippen LogP contribution in [0.5, 0.6) is 0 Å². The summed E-state index contributed by atoms with van der Waals surface area (Å²) in [5.41, 5.74) is 1.22. The predicted molar refractivity (Wildman–Crippen MR) is 101 cm³/mol. The van der Waals surface area contributed by atoms with Gasteiger partial charge in [0.1, 0.15) is 0 Å². The molecule has 1 aliphatic heterocycles. The molecule has 0 saturated carbocycles. The molecular formula is C18H26N4O3S. The summed E-state index contributed by atoms with van der Waals surface area (Å²) in [4.78, 5) is 19.3. The standard InChI is InChI=1S/C18H26N4O3S/c1-12(2)10-21(16-5-6-26(24,25)11-16)18(23)15-7-14-9-20-22(13(3)4)17(14)19-8-15/h7-9,12-13,16H,5-6,10-11H2,1-4H3. The van der Waals surface area contributed by atoms with Crippen LogP contribution in [0.4, 0.5) is 0 Å². The van der Waals surface area contributed by atoms with Gasteiger partial charge in [0.05, 0.1) is 23.3 Å². The van der Waals surface area contributed by atoms with Gasteiger partial charge < -0.3 is 4.90 Å². The average Bonchev–Trinajstić information content (AvgIpc) is 3.14. The van der Waals surface area contributed by atoms with Gasteiger partial charge in [0.2, 0.25) is 0 Å². The minimum Gasteiger partial charge on any atom is -0.334 e. The quantitative estimate of drug-likeness (QED) is 0.797. The molecule has 2 aromatic heterocycles. The minimum atomic E-state index is -3.06. The van der Waals surface area contributed by atoms with Crippen molar-refractivity contribution < 1.29 is 13.2 Å². The molecule has 0 bridgehead atoms. The van der Waals surface area contributed by atoms with Gasteiger partial charge in [0.25, 0.3) is 5.91 Å². The van der Waals surface area contributed by atoms with Crippen LogP contribution in [0.25, 0.3) is 11.0 Å². The third kappa shape index (κ3) is 3.75. The molecule has 1 unspecified atom stereocenters. The van der Waals surface area contributed by atoms with Crippen molar-refractivity contribution in [1.82, 2.24) is 19.7 Å². The summed E-state index contributed by atoms with van der Waals surface area (Å²) in [5.74, 6) is 0.292. The average molecular weight is 378 g/mol. The Morgan fingerprint density at radius 3 is 2.62 bits per heavy atom. The summed E-state index contributed by atoms with van der Waals surface area (Å²) in [6, 6.07) is 1.72. The number of sulfone groups is 1. The number of hydrogen-bond donors (Lipinski definition) is 0.